The van der Waals surface area contributed by atoms with E-state index in [0.29, 0.717) is 32.0 Å². The molecule has 0 spiro atoms. The van der Waals surface area contributed by atoms with Gasteiger partial charge in [0.15, 0.2) is 0 Å². The summed E-state index contributed by atoms with van der Waals surface area (Å²) in [7, 11) is -0.477. The Balaban J connectivity index is 0.000000491. The minimum Gasteiger partial charge on any atom is -0.465 e. The number of esters is 1. The number of nitrogens with zero attached hydrogens (tertiary/aromatic N) is 2. The number of fused-ring (bicyclic) bond motifs is 2. The molecule has 0 fully saturated rings. The quantitative estimate of drug-likeness (QED) is 0.361. The second-order valence-corrected chi connectivity index (χ2v) is 8.96. The van der Waals surface area contributed by atoms with Crippen molar-refractivity contribution in [1.82, 2.24) is 9.47 Å². The van der Waals surface area contributed by atoms with Crippen molar-refractivity contribution >= 4 is 30.3 Å². The Kier molecular flexibility index (Phi) is 7.34. The second kappa shape index (κ2) is 9.63. The van der Waals surface area contributed by atoms with E-state index in [4.69, 9.17) is 24.0 Å². The normalized spacial score (nSPS) is 20.5. The Morgan fingerprint density at radius 2 is 1.97 bits per heavy atom. The molecule has 0 saturated carbocycles. The summed E-state index contributed by atoms with van der Waals surface area (Å²) in [5.41, 5.74) is 5.07. The van der Waals surface area contributed by atoms with E-state index in [-0.39, 0.29) is 18.6 Å². The molecule has 170 valence electrons. The smallest absolute Gasteiger partial charge is 0.465 e. The van der Waals surface area contributed by atoms with Crippen LogP contribution >= 0.6 is 7.82 Å². The molecule has 1 aromatic carbocycles. The van der Waals surface area contributed by atoms with Crippen LogP contribution in [0.2, 0.25) is 0 Å². The van der Waals surface area contributed by atoms with Crippen molar-refractivity contribution in [2.24, 2.45) is 13.0 Å². The third-order valence-electron chi connectivity index (χ3n) is 5.65. The number of halogens is 1. The number of hydrogen-bond acceptors (Lipinski definition) is 4. The zero-order chi connectivity index (χ0) is 22.8. The molecule has 31 heavy (non-hydrogen) atoms. The van der Waals surface area contributed by atoms with Gasteiger partial charge in [-0.2, -0.15) is 0 Å². The molecule has 2 atom stereocenters. The standard InChI is InChI=1S/C21H25FN2O2.H3O4P/c1-23-12-14-11-19-17(16-6-5-7-18(23)20(14)16)10-15(13-24(19)2)21(25)26-9-4-3-8-22;1-5(2,3)4/h5-7,10,12,15,19H,3-4,8-9,11,13H2,1-2H3;(H3,1,2,3,4)/t15-,19-;/m1./s1. The number of hydrogen-bond donors (Lipinski definition) is 3. The number of aromatic nitrogens is 1. The monoisotopic (exact) mass is 454 g/mol. The molecule has 4 rings (SSSR count). The number of carbonyl (C=O) groups is 1. The Bertz CT molecular complexity index is 1020. The predicted molar refractivity (Wildman–Crippen MR) is 115 cm³/mol. The lowest BCUT2D eigenvalue weighted by molar-refractivity contribution is -0.147. The topological polar surface area (TPSA) is 112 Å². The van der Waals surface area contributed by atoms with Gasteiger partial charge in [0.25, 0.3) is 0 Å². The van der Waals surface area contributed by atoms with Gasteiger partial charge in [0.2, 0.25) is 0 Å². The van der Waals surface area contributed by atoms with Crippen LogP contribution in [-0.2, 0) is 27.6 Å². The van der Waals surface area contributed by atoms with Crippen LogP contribution in [0.4, 0.5) is 4.39 Å². The highest BCUT2D eigenvalue weighted by molar-refractivity contribution is 7.45. The van der Waals surface area contributed by atoms with Crippen LogP contribution in [0.25, 0.3) is 16.5 Å². The largest absolute Gasteiger partial charge is 0.466 e. The van der Waals surface area contributed by atoms with Crippen LogP contribution < -0.4 is 0 Å². The zero-order valence-electron chi connectivity index (χ0n) is 17.6. The fraction of sp³-hybridized carbons (Fsp3) is 0.476. The highest BCUT2D eigenvalue weighted by Gasteiger charge is 2.36. The highest BCUT2D eigenvalue weighted by atomic mass is 31.2. The first-order valence-electron chi connectivity index (χ1n) is 10.1. The van der Waals surface area contributed by atoms with Crippen LogP contribution in [0.3, 0.4) is 0 Å². The molecule has 1 aromatic heterocycles. The van der Waals surface area contributed by atoms with Crippen LogP contribution in [-0.4, -0.2) is 63.0 Å². The molecule has 0 amide bonds. The van der Waals surface area contributed by atoms with Crippen molar-refractivity contribution in [1.29, 1.82) is 0 Å². The van der Waals surface area contributed by atoms with Crippen molar-refractivity contribution in [3.05, 3.63) is 41.6 Å². The number of alkyl halides is 1. The van der Waals surface area contributed by atoms with Crippen molar-refractivity contribution in [3.63, 3.8) is 0 Å². The summed E-state index contributed by atoms with van der Waals surface area (Å²) in [6.07, 6.45) is 6.32. The number of rotatable bonds is 5. The molecule has 0 saturated heterocycles. The predicted octanol–water partition coefficient (Wildman–Crippen LogP) is 2.41. The number of benzene rings is 1. The van der Waals surface area contributed by atoms with Crippen molar-refractivity contribution < 1.29 is 33.2 Å². The number of ether oxygens (including phenoxy) is 1. The number of aryl methyl sites for hydroxylation is 1. The second-order valence-electron chi connectivity index (χ2n) is 7.93. The average molecular weight is 454 g/mol. The summed E-state index contributed by atoms with van der Waals surface area (Å²) in [4.78, 5) is 36.3. The zero-order valence-corrected chi connectivity index (χ0v) is 18.5. The number of unbranched alkanes of at least 4 members (excludes halogenated alkanes) is 1. The van der Waals surface area contributed by atoms with Gasteiger partial charge in [-0.3, -0.25) is 14.1 Å². The van der Waals surface area contributed by atoms with Crippen molar-refractivity contribution in [2.45, 2.75) is 25.3 Å². The van der Waals surface area contributed by atoms with E-state index in [1.165, 1.54) is 27.6 Å². The van der Waals surface area contributed by atoms with Gasteiger partial charge in [-0.1, -0.05) is 18.2 Å². The van der Waals surface area contributed by atoms with E-state index in [0.717, 1.165) is 6.42 Å². The molecule has 1 aliphatic heterocycles. The van der Waals surface area contributed by atoms with Gasteiger partial charge in [0.1, 0.15) is 0 Å². The molecule has 0 radical (unpaired) electrons. The lowest BCUT2D eigenvalue weighted by atomic mass is 9.80. The summed E-state index contributed by atoms with van der Waals surface area (Å²) in [6, 6.07) is 6.69. The van der Waals surface area contributed by atoms with E-state index < -0.39 is 7.82 Å². The van der Waals surface area contributed by atoms with Crippen LogP contribution in [0.1, 0.15) is 24.0 Å². The van der Waals surface area contributed by atoms with Crippen molar-refractivity contribution in [3.8, 4) is 0 Å². The summed E-state index contributed by atoms with van der Waals surface area (Å²) >= 11 is 0. The van der Waals surface area contributed by atoms with E-state index in [1.54, 1.807) is 0 Å². The van der Waals surface area contributed by atoms with Crippen LogP contribution in [0.5, 0.6) is 0 Å². The van der Waals surface area contributed by atoms with Crippen LogP contribution in [0, 0.1) is 5.92 Å². The third-order valence-corrected chi connectivity index (χ3v) is 5.65. The summed E-state index contributed by atoms with van der Waals surface area (Å²) < 4.78 is 28.6. The third kappa shape index (κ3) is 5.61. The lowest BCUT2D eigenvalue weighted by Gasteiger charge is -2.39. The van der Waals surface area contributed by atoms with Gasteiger partial charge in [0, 0.05) is 36.7 Å². The Labute approximate surface area is 180 Å². The highest BCUT2D eigenvalue weighted by Crippen LogP contribution is 2.41. The van der Waals surface area contributed by atoms with Crippen molar-refractivity contribution in [2.75, 3.05) is 26.9 Å². The molecular weight excluding hydrogens is 426 g/mol. The molecule has 0 bridgehead atoms. The van der Waals surface area contributed by atoms with Gasteiger partial charge >= 0.3 is 13.8 Å². The minimum atomic E-state index is -4.64. The van der Waals surface area contributed by atoms with E-state index in [1.807, 2.05) is 0 Å². The number of phosphoric acid groups is 1. The molecule has 8 nitrogen and oxygen atoms in total. The first kappa shape index (κ1) is 23.6. The van der Waals surface area contributed by atoms with Gasteiger partial charge in [-0.05, 0) is 49.1 Å². The molecule has 2 aromatic rings. The first-order chi connectivity index (χ1) is 14.6. The number of carbonyl (C=O) groups excluding carboxylic acids is 1. The van der Waals surface area contributed by atoms with Gasteiger partial charge in [0.05, 0.1) is 19.2 Å². The summed E-state index contributed by atoms with van der Waals surface area (Å²) in [5, 5.41) is 1.31. The molecule has 2 aliphatic rings. The Hall–Kier alpha value is -2.03. The van der Waals surface area contributed by atoms with Gasteiger partial charge in [-0.25, -0.2) is 4.57 Å². The van der Waals surface area contributed by atoms with E-state index >= 15 is 0 Å². The van der Waals surface area contributed by atoms with E-state index in [2.05, 4.69) is 54.0 Å². The van der Waals surface area contributed by atoms with Crippen LogP contribution in [0.15, 0.2) is 30.5 Å². The lowest BCUT2D eigenvalue weighted by Crippen LogP contribution is -2.44. The SMILES string of the molecule is CN1C[C@H](C(=O)OCCCCF)C=C2c3cccc4c3c(cn4C)C[C@H]21.O=P(O)(O)O. The number of likely N-dealkylation sites (N-methyl/N-ethyl adjacent to an activating group) is 1. The summed E-state index contributed by atoms with van der Waals surface area (Å²) in [6.45, 7) is 0.598. The fourth-order valence-electron chi connectivity index (χ4n) is 4.35. The molecule has 10 heteroatoms. The fourth-order valence-corrected chi connectivity index (χ4v) is 4.35. The molecule has 3 N–H and O–H groups in total. The average Bonchev–Trinajstić information content (AvgIpc) is 3.01. The molecule has 1 aliphatic carbocycles. The van der Waals surface area contributed by atoms with E-state index in [9.17, 15) is 9.18 Å². The maximum Gasteiger partial charge on any atom is 0.466 e. The first-order valence-corrected chi connectivity index (χ1v) is 11.7. The molecular formula is C21H28FN2O6P. The minimum absolute atomic E-state index is 0.201. The molecule has 2 heterocycles. The van der Waals surface area contributed by atoms with Gasteiger partial charge < -0.3 is 24.0 Å². The summed E-state index contributed by atoms with van der Waals surface area (Å²) in [5.74, 6) is -0.468. The van der Waals surface area contributed by atoms with Gasteiger partial charge in [-0.15, -0.1) is 0 Å². The molecule has 0 unspecified atom stereocenters. The maximum absolute atomic E-state index is 12.5. The maximum atomic E-state index is 12.5. The Morgan fingerprint density at radius 3 is 2.65 bits per heavy atom. The Morgan fingerprint density at radius 1 is 1.26 bits per heavy atom.